The first kappa shape index (κ1) is 20.1. The maximum Gasteiger partial charge on any atom is 0.341 e. The van der Waals surface area contributed by atoms with E-state index in [0.29, 0.717) is 17.3 Å². The van der Waals surface area contributed by atoms with Gasteiger partial charge in [0.1, 0.15) is 10.8 Å². The third-order valence-corrected chi connectivity index (χ3v) is 6.98. The minimum absolute atomic E-state index is 0.239. The van der Waals surface area contributed by atoms with Crippen molar-refractivity contribution in [3.8, 4) is 0 Å². The smallest absolute Gasteiger partial charge is 0.341 e. The fourth-order valence-electron chi connectivity index (χ4n) is 3.93. The van der Waals surface area contributed by atoms with Crippen LogP contribution in [0.5, 0.6) is 0 Å². The normalized spacial score (nSPS) is 16.3. The highest BCUT2D eigenvalue weighted by atomic mass is 32.1. The summed E-state index contributed by atoms with van der Waals surface area (Å²) in [6.07, 6.45) is 6.09. The summed E-state index contributed by atoms with van der Waals surface area (Å²) in [5, 5.41) is 4.89. The molecule has 0 unspecified atom stereocenters. The number of carbonyl (C=O) groups is 1. The SMILES string of the molecule is CCOC(=O)c1c(NC(=S)N2CCN(c3ccccn3)CC2)sc2c1CCCC2. The zero-order valence-corrected chi connectivity index (χ0v) is 18.3. The Morgan fingerprint density at radius 1 is 1.24 bits per heavy atom. The van der Waals surface area contributed by atoms with Gasteiger partial charge in [-0.3, -0.25) is 0 Å². The van der Waals surface area contributed by atoms with Crippen molar-refractivity contribution < 1.29 is 9.53 Å². The standard InChI is InChI=1S/C21H26N4O2S2/c1-2-27-20(26)18-15-7-3-4-8-16(15)29-19(18)23-21(28)25-13-11-24(12-14-25)17-9-5-6-10-22-17/h5-6,9-10H,2-4,7-8,11-14H2,1H3,(H,23,28). The van der Waals surface area contributed by atoms with E-state index in [-0.39, 0.29) is 5.97 Å². The van der Waals surface area contributed by atoms with Crippen LogP contribution in [-0.4, -0.2) is 53.8 Å². The molecular formula is C21H26N4O2S2. The van der Waals surface area contributed by atoms with E-state index in [9.17, 15) is 4.79 Å². The molecule has 154 valence electrons. The first-order valence-corrected chi connectivity index (χ1v) is 11.4. The lowest BCUT2D eigenvalue weighted by atomic mass is 9.95. The molecule has 1 saturated heterocycles. The van der Waals surface area contributed by atoms with Gasteiger partial charge in [0, 0.05) is 37.3 Å². The Labute approximate surface area is 180 Å². The van der Waals surface area contributed by atoms with Gasteiger partial charge in [-0.15, -0.1) is 11.3 Å². The number of rotatable bonds is 4. The van der Waals surface area contributed by atoms with Gasteiger partial charge in [0.15, 0.2) is 5.11 Å². The molecule has 2 aromatic heterocycles. The lowest BCUT2D eigenvalue weighted by Gasteiger charge is -2.36. The molecule has 2 aliphatic rings. The van der Waals surface area contributed by atoms with Gasteiger partial charge in [-0.1, -0.05) is 6.07 Å². The van der Waals surface area contributed by atoms with Crippen molar-refractivity contribution in [2.24, 2.45) is 0 Å². The van der Waals surface area contributed by atoms with Crippen LogP contribution in [0.25, 0.3) is 0 Å². The van der Waals surface area contributed by atoms with E-state index in [2.05, 4.69) is 20.1 Å². The molecule has 1 fully saturated rings. The van der Waals surface area contributed by atoms with Crippen molar-refractivity contribution in [3.63, 3.8) is 0 Å². The Morgan fingerprint density at radius 3 is 2.76 bits per heavy atom. The number of piperazine rings is 1. The van der Waals surface area contributed by atoms with Crippen molar-refractivity contribution in [1.29, 1.82) is 0 Å². The van der Waals surface area contributed by atoms with Crippen LogP contribution < -0.4 is 10.2 Å². The van der Waals surface area contributed by atoms with Gasteiger partial charge in [0.25, 0.3) is 0 Å². The van der Waals surface area contributed by atoms with Crippen LogP contribution in [0, 0.1) is 0 Å². The number of aryl methyl sites for hydroxylation is 1. The van der Waals surface area contributed by atoms with Gasteiger partial charge in [-0.05, 0) is 62.5 Å². The van der Waals surface area contributed by atoms with Crippen LogP contribution >= 0.6 is 23.6 Å². The Morgan fingerprint density at radius 2 is 2.03 bits per heavy atom. The lowest BCUT2D eigenvalue weighted by molar-refractivity contribution is 0.0526. The second-order valence-electron chi connectivity index (χ2n) is 7.23. The van der Waals surface area contributed by atoms with Crippen molar-refractivity contribution >= 4 is 45.5 Å². The van der Waals surface area contributed by atoms with E-state index in [1.54, 1.807) is 11.3 Å². The Hall–Kier alpha value is -2.19. The lowest BCUT2D eigenvalue weighted by Crippen LogP contribution is -2.50. The second-order valence-corrected chi connectivity index (χ2v) is 8.72. The molecule has 1 N–H and O–H groups in total. The van der Waals surface area contributed by atoms with E-state index in [4.69, 9.17) is 17.0 Å². The maximum absolute atomic E-state index is 12.6. The highest BCUT2D eigenvalue weighted by Crippen LogP contribution is 2.38. The first-order chi connectivity index (χ1) is 14.2. The molecule has 29 heavy (non-hydrogen) atoms. The Balaban J connectivity index is 1.45. The summed E-state index contributed by atoms with van der Waals surface area (Å²) in [6, 6.07) is 5.98. The first-order valence-electron chi connectivity index (χ1n) is 10.2. The summed E-state index contributed by atoms with van der Waals surface area (Å²) in [6.45, 7) is 5.60. The molecule has 1 aliphatic heterocycles. The molecule has 0 atom stereocenters. The third-order valence-electron chi connectivity index (χ3n) is 5.41. The molecule has 0 spiro atoms. The molecule has 1 aliphatic carbocycles. The van der Waals surface area contributed by atoms with Gasteiger partial charge in [-0.25, -0.2) is 9.78 Å². The van der Waals surface area contributed by atoms with Crippen LogP contribution in [0.4, 0.5) is 10.8 Å². The fraction of sp³-hybridized carbons (Fsp3) is 0.476. The van der Waals surface area contributed by atoms with Gasteiger partial charge in [0.2, 0.25) is 0 Å². The number of pyridine rings is 1. The quantitative estimate of drug-likeness (QED) is 0.586. The van der Waals surface area contributed by atoms with Gasteiger partial charge in [0.05, 0.1) is 12.2 Å². The number of nitrogens with one attached hydrogen (secondary N) is 1. The summed E-state index contributed by atoms with van der Waals surface area (Å²) >= 11 is 7.36. The molecule has 2 aromatic rings. The molecule has 0 saturated carbocycles. The van der Waals surface area contributed by atoms with Crippen LogP contribution in [-0.2, 0) is 17.6 Å². The van der Waals surface area contributed by atoms with E-state index in [1.807, 2.05) is 31.3 Å². The molecule has 4 rings (SSSR count). The zero-order valence-electron chi connectivity index (χ0n) is 16.6. The molecule has 3 heterocycles. The highest BCUT2D eigenvalue weighted by molar-refractivity contribution is 7.80. The van der Waals surface area contributed by atoms with Crippen LogP contribution in [0.1, 0.15) is 40.6 Å². The highest BCUT2D eigenvalue weighted by Gasteiger charge is 2.28. The van der Waals surface area contributed by atoms with E-state index >= 15 is 0 Å². The maximum atomic E-state index is 12.6. The zero-order chi connectivity index (χ0) is 20.2. The predicted octanol–water partition coefficient (Wildman–Crippen LogP) is 3.72. The summed E-state index contributed by atoms with van der Waals surface area (Å²) in [4.78, 5) is 22.8. The monoisotopic (exact) mass is 430 g/mol. The number of aromatic nitrogens is 1. The number of carbonyl (C=O) groups excluding carboxylic acids is 1. The van der Waals surface area contributed by atoms with Crippen molar-refractivity contribution in [2.45, 2.75) is 32.6 Å². The summed E-state index contributed by atoms with van der Waals surface area (Å²) in [5.74, 6) is 0.763. The fourth-order valence-corrected chi connectivity index (χ4v) is 5.55. The predicted molar refractivity (Wildman–Crippen MR) is 121 cm³/mol. The van der Waals surface area contributed by atoms with Gasteiger partial charge < -0.3 is 19.9 Å². The number of thiocarbonyl (C=S) groups is 1. The summed E-state index contributed by atoms with van der Waals surface area (Å²) < 4.78 is 5.34. The number of hydrogen-bond acceptors (Lipinski definition) is 6. The number of ether oxygens (including phenoxy) is 1. The molecule has 0 bridgehead atoms. The Kier molecular flexibility index (Phi) is 6.30. The summed E-state index contributed by atoms with van der Waals surface area (Å²) in [7, 11) is 0. The number of thiophene rings is 1. The minimum Gasteiger partial charge on any atom is -0.462 e. The molecule has 0 amide bonds. The van der Waals surface area contributed by atoms with E-state index < -0.39 is 0 Å². The molecular weight excluding hydrogens is 404 g/mol. The molecule has 0 aromatic carbocycles. The second kappa shape index (κ2) is 9.09. The molecule has 6 nitrogen and oxygen atoms in total. The Bertz CT molecular complexity index is 876. The number of anilines is 2. The number of nitrogens with zero attached hydrogens (tertiary/aromatic N) is 3. The van der Waals surface area contributed by atoms with Gasteiger partial charge in [-0.2, -0.15) is 0 Å². The topological polar surface area (TPSA) is 57.7 Å². The van der Waals surface area contributed by atoms with Crippen molar-refractivity contribution in [3.05, 3.63) is 40.4 Å². The van der Waals surface area contributed by atoms with Crippen LogP contribution in [0.15, 0.2) is 24.4 Å². The molecule has 0 radical (unpaired) electrons. The van der Waals surface area contributed by atoms with Crippen LogP contribution in [0.3, 0.4) is 0 Å². The average Bonchev–Trinajstić information content (AvgIpc) is 3.12. The van der Waals surface area contributed by atoms with Crippen molar-refractivity contribution in [2.75, 3.05) is 43.0 Å². The average molecular weight is 431 g/mol. The van der Waals surface area contributed by atoms with E-state index in [0.717, 1.165) is 61.8 Å². The molecule has 8 heteroatoms. The number of esters is 1. The summed E-state index contributed by atoms with van der Waals surface area (Å²) in [5.41, 5.74) is 1.85. The third kappa shape index (κ3) is 4.38. The largest absolute Gasteiger partial charge is 0.462 e. The number of fused-ring (bicyclic) bond motifs is 1. The van der Waals surface area contributed by atoms with Crippen molar-refractivity contribution in [1.82, 2.24) is 9.88 Å². The van der Waals surface area contributed by atoms with Crippen LogP contribution in [0.2, 0.25) is 0 Å². The van der Waals surface area contributed by atoms with E-state index in [1.165, 1.54) is 11.3 Å². The minimum atomic E-state index is -0.239. The number of hydrogen-bond donors (Lipinski definition) is 1. The van der Waals surface area contributed by atoms with Gasteiger partial charge >= 0.3 is 5.97 Å².